The van der Waals surface area contributed by atoms with Crippen LogP contribution in [0.5, 0.6) is 11.5 Å². The summed E-state index contributed by atoms with van der Waals surface area (Å²) in [7, 11) is 0. The van der Waals surface area contributed by atoms with Crippen LogP contribution in [0.15, 0.2) is 36.4 Å². The zero-order chi connectivity index (χ0) is 19.0. The Hall–Kier alpha value is -3.09. The van der Waals surface area contributed by atoms with Crippen LogP contribution >= 0.6 is 0 Å². The molecule has 0 fully saturated rings. The van der Waals surface area contributed by atoms with E-state index in [0.717, 1.165) is 6.42 Å². The Labute approximate surface area is 146 Å². The standard InChI is InChI=1S/C16H16N2O5.C2H6/c1-2-4-10-9-11(18(22)23)7-8-12(10)17-16(21)15-13(19)5-3-6-14(15)20;1-2/h3,5-9,19-20H,2,4H2,1H3,(H,17,21);1-2H3. The van der Waals surface area contributed by atoms with Crippen molar-refractivity contribution in [3.63, 3.8) is 0 Å². The highest BCUT2D eigenvalue weighted by molar-refractivity contribution is 6.08. The predicted molar refractivity (Wildman–Crippen MR) is 96.2 cm³/mol. The van der Waals surface area contributed by atoms with E-state index in [1.165, 1.54) is 36.4 Å². The number of nitrogens with zero attached hydrogens (tertiary/aromatic N) is 1. The third-order valence-corrected chi connectivity index (χ3v) is 3.31. The van der Waals surface area contributed by atoms with E-state index >= 15 is 0 Å². The lowest BCUT2D eigenvalue weighted by molar-refractivity contribution is -0.384. The van der Waals surface area contributed by atoms with Gasteiger partial charge in [0.25, 0.3) is 11.6 Å². The SMILES string of the molecule is CC.CCCc1cc([N+](=O)[O-])ccc1NC(=O)c1c(O)cccc1O. The molecule has 0 saturated carbocycles. The fraction of sp³-hybridized carbons (Fsp3) is 0.278. The number of carbonyl (C=O) groups excluding carboxylic acids is 1. The number of aryl methyl sites for hydroxylation is 1. The summed E-state index contributed by atoms with van der Waals surface area (Å²) in [6, 6.07) is 8.13. The molecule has 7 nitrogen and oxygen atoms in total. The van der Waals surface area contributed by atoms with Crippen molar-refractivity contribution in [1.82, 2.24) is 0 Å². The summed E-state index contributed by atoms with van der Waals surface area (Å²) < 4.78 is 0. The quantitative estimate of drug-likeness (QED) is 0.554. The zero-order valence-corrected chi connectivity index (χ0v) is 14.4. The Morgan fingerprint density at radius 1 is 1.16 bits per heavy atom. The number of nitro groups is 1. The summed E-state index contributed by atoms with van der Waals surface area (Å²) in [4.78, 5) is 22.6. The average molecular weight is 346 g/mol. The van der Waals surface area contributed by atoms with E-state index in [1.54, 1.807) is 0 Å². The minimum atomic E-state index is -0.688. The first-order valence-electron chi connectivity index (χ1n) is 8.03. The second-order valence-corrected chi connectivity index (χ2v) is 4.97. The van der Waals surface area contributed by atoms with Gasteiger partial charge in [-0.05, 0) is 30.2 Å². The van der Waals surface area contributed by atoms with Gasteiger partial charge < -0.3 is 15.5 Å². The van der Waals surface area contributed by atoms with Crippen LogP contribution in [0.4, 0.5) is 11.4 Å². The number of anilines is 1. The van der Waals surface area contributed by atoms with Crippen molar-refractivity contribution in [3.8, 4) is 11.5 Å². The van der Waals surface area contributed by atoms with Crippen molar-refractivity contribution in [2.75, 3.05) is 5.32 Å². The van der Waals surface area contributed by atoms with Crippen LogP contribution in [0.2, 0.25) is 0 Å². The summed E-state index contributed by atoms with van der Waals surface area (Å²) in [5.41, 5.74) is 0.722. The van der Waals surface area contributed by atoms with Gasteiger partial charge in [0.05, 0.1) is 4.92 Å². The molecule has 0 unspecified atom stereocenters. The number of aromatic hydroxyl groups is 2. The van der Waals surface area contributed by atoms with Crippen molar-refractivity contribution in [1.29, 1.82) is 0 Å². The van der Waals surface area contributed by atoms with Crippen LogP contribution in [-0.2, 0) is 6.42 Å². The Balaban J connectivity index is 0.00000151. The normalized spacial score (nSPS) is 9.72. The van der Waals surface area contributed by atoms with E-state index in [9.17, 15) is 25.1 Å². The number of carbonyl (C=O) groups is 1. The number of phenolic OH excluding ortho intramolecular Hbond substituents is 2. The number of hydrogen-bond acceptors (Lipinski definition) is 5. The Morgan fingerprint density at radius 3 is 2.28 bits per heavy atom. The van der Waals surface area contributed by atoms with Gasteiger partial charge >= 0.3 is 0 Å². The molecule has 0 aromatic heterocycles. The molecular formula is C18H22N2O5. The maximum absolute atomic E-state index is 12.3. The van der Waals surface area contributed by atoms with Gasteiger partial charge in [0.15, 0.2) is 0 Å². The van der Waals surface area contributed by atoms with Gasteiger partial charge in [-0.2, -0.15) is 0 Å². The Kier molecular flexibility index (Phi) is 7.40. The Bertz CT molecular complexity index is 739. The molecule has 3 N–H and O–H groups in total. The fourth-order valence-corrected chi connectivity index (χ4v) is 2.24. The van der Waals surface area contributed by atoms with Crippen LogP contribution in [-0.4, -0.2) is 21.0 Å². The average Bonchev–Trinajstić information content (AvgIpc) is 2.58. The Morgan fingerprint density at radius 2 is 1.76 bits per heavy atom. The third-order valence-electron chi connectivity index (χ3n) is 3.31. The number of nitrogens with one attached hydrogen (secondary N) is 1. The molecule has 7 heteroatoms. The lowest BCUT2D eigenvalue weighted by Crippen LogP contribution is -2.14. The second-order valence-electron chi connectivity index (χ2n) is 4.97. The topological polar surface area (TPSA) is 113 Å². The molecule has 0 saturated heterocycles. The minimum absolute atomic E-state index is 0.0585. The molecule has 25 heavy (non-hydrogen) atoms. The second kappa shape index (κ2) is 9.27. The largest absolute Gasteiger partial charge is 0.507 e. The van der Waals surface area contributed by atoms with E-state index in [-0.39, 0.29) is 22.7 Å². The van der Waals surface area contributed by atoms with Gasteiger partial charge in [-0.25, -0.2) is 0 Å². The van der Waals surface area contributed by atoms with Crippen LogP contribution in [0.1, 0.15) is 43.1 Å². The van der Waals surface area contributed by atoms with Gasteiger partial charge in [-0.15, -0.1) is 0 Å². The van der Waals surface area contributed by atoms with Crippen LogP contribution in [0, 0.1) is 10.1 Å². The number of rotatable bonds is 5. The monoisotopic (exact) mass is 346 g/mol. The van der Waals surface area contributed by atoms with Crippen LogP contribution < -0.4 is 5.32 Å². The van der Waals surface area contributed by atoms with Gasteiger partial charge in [-0.3, -0.25) is 14.9 Å². The van der Waals surface area contributed by atoms with Crippen LogP contribution in [0.25, 0.3) is 0 Å². The van der Waals surface area contributed by atoms with Crippen molar-refractivity contribution >= 4 is 17.3 Å². The third kappa shape index (κ3) is 4.94. The maximum atomic E-state index is 12.3. The molecule has 1 amide bonds. The predicted octanol–water partition coefficient (Wildman–Crippen LogP) is 4.24. The van der Waals surface area contributed by atoms with E-state index in [4.69, 9.17) is 0 Å². The molecule has 0 aliphatic rings. The molecule has 0 aliphatic carbocycles. The highest BCUT2D eigenvalue weighted by Gasteiger charge is 2.18. The van der Waals surface area contributed by atoms with E-state index in [0.29, 0.717) is 17.7 Å². The summed E-state index contributed by atoms with van der Waals surface area (Å²) in [5.74, 6) is -1.38. The smallest absolute Gasteiger partial charge is 0.269 e. The molecule has 2 rings (SSSR count). The maximum Gasteiger partial charge on any atom is 0.269 e. The molecule has 0 bridgehead atoms. The van der Waals surface area contributed by atoms with E-state index in [1.807, 2.05) is 20.8 Å². The number of benzene rings is 2. The summed E-state index contributed by atoms with van der Waals surface area (Å²) >= 11 is 0. The van der Waals surface area contributed by atoms with Crippen LogP contribution in [0.3, 0.4) is 0 Å². The van der Waals surface area contributed by atoms with Gasteiger partial charge in [0.2, 0.25) is 0 Å². The number of nitro benzene ring substituents is 1. The molecular weight excluding hydrogens is 324 g/mol. The summed E-state index contributed by atoms with van der Waals surface area (Å²) in [5, 5.41) is 32.9. The van der Waals surface area contributed by atoms with Crippen molar-refractivity contribution < 1.29 is 19.9 Å². The molecule has 2 aromatic rings. The number of phenols is 2. The first kappa shape index (κ1) is 20.0. The molecule has 0 heterocycles. The number of hydrogen-bond donors (Lipinski definition) is 3. The first-order chi connectivity index (χ1) is 11.9. The van der Waals surface area contributed by atoms with Gasteiger partial charge in [-0.1, -0.05) is 33.3 Å². The van der Waals surface area contributed by atoms with Crippen molar-refractivity contribution in [2.24, 2.45) is 0 Å². The lowest BCUT2D eigenvalue weighted by Gasteiger charge is -2.12. The van der Waals surface area contributed by atoms with Crippen molar-refractivity contribution in [3.05, 3.63) is 57.6 Å². The highest BCUT2D eigenvalue weighted by atomic mass is 16.6. The molecule has 0 spiro atoms. The van der Waals surface area contributed by atoms with Crippen molar-refractivity contribution in [2.45, 2.75) is 33.6 Å². The molecule has 0 atom stereocenters. The zero-order valence-electron chi connectivity index (χ0n) is 14.4. The molecule has 0 aliphatic heterocycles. The highest BCUT2D eigenvalue weighted by Crippen LogP contribution is 2.29. The van der Waals surface area contributed by atoms with E-state index in [2.05, 4.69) is 5.32 Å². The minimum Gasteiger partial charge on any atom is -0.507 e. The molecule has 2 aromatic carbocycles. The fourth-order valence-electron chi connectivity index (χ4n) is 2.24. The lowest BCUT2D eigenvalue weighted by atomic mass is 10.1. The van der Waals surface area contributed by atoms with Gasteiger partial charge in [0, 0.05) is 17.8 Å². The van der Waals surface area contributed by atoms with Gasteiger partial charge in [0.1, 0.15) is 17.1 Å². The summed E-state index contributed by atoms with van der Waals surface area (Å²) in [6.07, 6.45) is 1.29. The molecule has 0 radical (unpaired) electrons. The summed E-state index contributed by atoms with van der Waals surface area (Å²) in [6.45, 7) is 5.92. The number of amides is 1. The first-order valence-corrected chi connectivity index (χ1v) is 8.03. The number of non-ortho nitro benzene ring substituents is 1. The van der Waals surface area contributed by atoms with E-state index < -0.39 is 10.8 Å². The molecule has 134 valence electrons.